The van der Waals surface area contributed by atoms with Crippen molar-refractivity contribution >= 4 is 33.8 Å². The maximum absolute atomic E-state index is 13.7. The predicted octanol–water partition coefficient (Wildman–Crippen LogP) is 5.29. The Bertz CT molecular complexity index is 956. The van der Waals surface area contributed by atoms with Gasteiger partial charge in [-0.2, -0.15) is 0 Å². The molecule has 26 heavy (non-hydrogen) atoms. The standard InChI is InChI=1S/C19H17F2N3OS/c1-3-12-6-4-5-7-15(12)24-19-22-11(2)17(26-19)18(25)23-16-9-8-13(20)10-14(16)21/h4-10H,3H2,1-2H3,(H,22,24)(H,23,25). The zero-order valence-electron chi connectivity index (χ0n) is 14.3. The predicted molar refractivity (Wildman–Crippen MR) is 100 cm³/mol. The quantitative estimate of drug-likeness (QED) is 0.639. The third kappa shape index (κ3) is 3.88. The number of rotatable bonds is 5. The molecule has 3 aromatic rings. The SMILES string of the molecule is CCc1ccccc1Nc1nc(C)c(C(=O)Nc2ccc(F)cc2F)s1. The number of nitrogens with zero attached hydrogens (tertiary/aromatic N) is 1. The molecule has 0 saturated heterocycles. The largest absolute Gasteiger partial charge is 0.331 e. The van der Waals surface area contributed by atoms with Crippen LogP contribution >= 0.6 is 11.3 Å². The highest BCUT2D eigenvalue weighted by atomic mass is 32.1. The van der Waals surface area contributed by atoms with Gasteiger partial charge in [0.25, 0.3) is 5.91 Å². The molecule has 2 N–H and O–H groups in total. The fourth-order valence-electron chi connectivity index (χ4n) is 2.50. The van der Waals surface area contributed by atoms with Gasteiger partial charge in [0.1, 0.15) is 16.5 Å². The van der Waals surface area contributed by atoms with Crippen molar-refractivity contribution in [3.63, 3.8) is 0 Å². The first kappa shape index (κ1) is 18.0. The Kier molecular flexibility index (Phi) is 5.27. The van der Waals surface area contributed by atoms with E-state index >= 15 is 0 Å². The van der Waals surface area contributed by atoms with Crippen molar-refractivity contribution < 1.29 is 13.6 Å². The fourth-order valence-corrected chi connectivity index (χ4v) is 3.37. The van der Waals surface area contributed by atoms with Crippen LogP contribution in [-0.2, 0) is 6.42 Å². The molecular formula is C19H17F2N3OS. The van der Waals surface area contributed by atoms with E-state index in [9.17, 15) is 13.6 Å². The maximum atomic E-state index is 13.7. The van der Waals surface area contributed by atoms with Crippen molar-refractivity contribution in [3.8, 4) is 0 Å². The van der Waals surface area contributed by atoms with Crippen molar-refractivity contribution in [2.24, 2.45) is 0 Å². The Hall–Kier alpha value is -2.80. The molecule has 1 aromatic heterocycles. The van der Waals surface area contributed by atoms with Crippen LogP contribution in [0.5, 0.6) is 0 Å². The highest BCUT2D eigenvalue weighted by molar-refractivity contribution is 7.17. The third-order valence-electron chi connectivity index (χ3n) is 3.82. The number of benzene rings is 2. The van der Waals surface area contributed by atoms with Crippen molar-refractivity contribution in [1.29, 1.82) is 0 Å². The van der Waals surface area contributed by atoms with E-state index in [1.54, 1.807) is 6.92 Å². The summed E-state index contributed by atoms with van der Waals surface area (Å²) in [6.07, 6.45) is 0.866. The Morgan fingerprint density at radius 1 is 1.15 bits per heavy atom. The van der Waals surface area contributed by atoms with E-state index in [-0.39, 0.29) is 5.69 Å². The van der Waals surface area contributed by atoms with Crippen molar-refractivity contribution in [2.75, 3.05) is 10.6 Å². The van der Waals surface area contributed by atoms with Crippen LogP contribution in [0.1, 0.15) is 27.9 Å². The molecule has 0 spiro atoms. The lowest BCUT2D eigenvalue weighted by Crippen LogP contribution is -2.12. The van der Waals surface area contributed by atoms with Gasteiger partial charge in [0.2, 0.25) is 0 Å². The van der Waals surface area contributed by atoms with Crippen LogP contribution in [0.4, 0.5) is 25.3 Å². The van der Waals surface area contributed by atoms with Crippen LogP contribution < -0.4 is 10.6 Å². The summed E-state index contributed by atoms with van der Waals surface area (Å²) in [4.78, 5) is 17.2. The molecule has 4 nitrogen and oxygen atoms in total. The van der Waals surface area contributed by atoms with E-state index in [1.165, 1.54) is 17.4 Å². The summed E-state index contributed by atoms with van der Waals surface area (Å²) in [7, 11) is 0. The Morgan fingerprint density at radius 3 is 2.65 bits per heavy atom. The maximum Gasteiger partial charge on any atom is 0.267 e. The van der Waals surface area contributed by atoms with Gasteiger partial charge in [0, 0.05) is 11.8 Å². The molecule has 0 bridgehead atoms. The molecule has 3 rings (SSSR count). The molecule has 0 atom stereocenters. The highest BCUT2D eigenvalue weighted by Crippen LogP contribution is 2.28. The summed E-state index contributed by atoms with van der Waals surface area (Å²) in [6, 6.07) is 10.9. The van der Waals surface area contributed by atoms with Gasteiger partial charge < -0.3 is 10.6 Å². The molecule has 0 radical (unpaired) electrons. The van der Waals surface area contributed by atoms with Gasteiger partial charge in [-0.1, -0.05) is 36.5 Å². The molecular weight excluding hydrogens is 356 g/mol. The lowest BCUT2D eigenvalue weighted by molar-refractivity contribution is 0.102. The van der Waals surface area contributed by atoms with Crippen LogP contribution in [-0.4, -0.2) is 10.9 Å². The molecule has 1 amide bonds. The number of halogens is 2. The Balaban J connectivity index is 1.80. The minimum Gasteiger partial charge on any atom is -0.331 e. The van der Waals surface area contributed by atoms with E-state index in [1.807, 2.05) is 24.3 Å². The third-order valence-corrected chi connectivity index (χ3v) is 4.89. The second-order valence-electron chi connectivity index (χ2n) is 5.65. The van der Waals surface area contributed by atoms with Gasteiger partial charge in [0.05, 0.1) is 11.4 Å². The van der Waals surface area contributed by atoms with E-state index in [0.29, 0.717) is 15.7 Å². The summed E-state index contributed by atoms with van der Waals surface area (Å²) in [5.41, 5.74) is 2.53. The number of para-hydroxylation sites is 1. The molecule has 0 aliphatic heterocycles. The molecule has 7 heteroatoms. The average Bonchev–Trinajstić information content (AvgIpc) is 2.98. The van der Waals surface area contributed by atoms with Gasteiger partial charge in [-0.3, -0.25) is 4.79 Å². The minimum atomic E-state index is -0.823. The molecule has 0 fully saturated rings. The molecule has 0 unspecified atom stereocenters. The highest BCUT2D eigenvalue weighted by Gasteiger charge is 2.17. The number of anilines is 3. The molecule has 0 aliphatic rings. The Morgan fingerprint density at radius 2 is 1.92 bits per heavy atom. The monoisotopic (exact) mass is 373 g/mol. The molecule has 1 heterocycles. The lowest BCUT2D eigenvalue weighted by Gasteiger charge is -2.07. The van der Waals surface area contributed by atoms with Crippen LogP contribution in [0.15, 0.2) is 42.5 Å². The van der Waals surface area contributed by atoms with Crippen LogP contribution in [0.3, 0.4) is 0 Å². The average molecular weight is 373 g/mol. The second-order valence-corrected chi connectivity index (χ2v) is 6.65. The Labute approximate surface area is 153 Å². The van der Waals surface area contributed by atoms with Gasteiger partial charge in [-0.25, -0.2) is 13.8 Å². The number of hydrogen-bond acceptors (Lipinski definition) is 4. The topological polar surface area (TPSA) is 54.0 Å². The summed E-state index contributed by atoms with van der Waals surface area (Å²) in [5, 5.41) is 6.26. The van der Waals surface area contributed by atoms with Crippen LogP contribution in [0, 0.1) is 18.6 Å². The van der Waals surface area contributed by atoms with Gasteiger partial charge in [-0.05, 0) is 37.1 Å². The zero-order valence-corrected chi connectivity index (χ0v) is 15.1. The van der Waals surface area contributed by atoms with Crippen LogP contribution in [0.2, 0.25) is 0 Å². The number of thiazole rings is 1. The molecule has 0 saturated carbocycles. The first-order valence-corrected chi connectivity index (χ1v) is 8.88. The van der Waals surface area contributed by atoms with Gasteiger partial charge >= 0.3 is 0 Å². The summed E-state index contributed by atoms with van der Waals surface area (Å²) < 4.78 is 26.7. The van der Waals surface area contributed by atoms with Gasteiger partial charge in [-0.15, -0.1) is 0 Å². The molecule has 0 aliphatic carbocycles. The van der Waals surface area contributed by atoms with E-state index < -0.39 is 17.5 Å². The number of nitrogens with one attached hydrogen (secondary N) is 2. The number of amides is 1. The minimum absolute atomic E-state index is 0.0740. The normalized spacial score (nSPS) is 10.6. The van der Waals surface area contributed by atoms with Crippen molar-refractivity contribution in [3.05, 3.63) is 70.2 Å². The molecule has 2 aromatic carbocycles. The lowest BCUT2D eigenvalue weighted by atomic mass is 10.1. The van der Waals surface area contributed by atoms with Crippen molar-refractivity contribution in [2.45, 2.75) is 20.3 Å². The van der Waals surface area contributed by atoms with E-state index in [2.05, 4.69) is 22.5 Å². The molecule has 134 valence electrons. The first-order chi connectivity index (χ1) is 12.5. The smallest absolute Gasteiger partial charge is 0.267 e. The number of carbonyl (C=O) groups is 1. The zero-order chi connectivity index (χ0) is 18.7. The second kappa shape index (κ2) is 7.61. The fraction of sp³-hybridized carbons (Fsp3) is 0.158. The van der Waals surface area contributed by atoms with Crippen molar-refractivity contribution in [1.82, 2.24) is 4.98 Å². The van der Waals surface area contributed by atoms with E-state index in [4.69, 9.17) is 0 Å². The number of carbonyl (C=O) groups excluding carboxylic acids is 1. The first-order valence-electron chi connectivity index (χ1n) is 8.06. The van der Waals surface area contributed by atoms with Crippen LogP contribution in [0.25, 0.3) is 0 Å². The summed E-state index contributed by atoms with van der Waals surface area (Å²) in [6.45, 7) is 3.77. The van der Waals surface area contributed by atoms with Gasteiger partial charge in [0.15, 0.2) is 5.13 Å². The number of hydrogen-bond donors (Lipinski definition) is 2. The van der Waals surface area contributed by atoms with E-state index in [0.717, 1.165) is 29.8 Å². The number of aryl methyl sites for hydroxylation is 2. The number of aromatic nitrogens is 1. The summed E-state index contributed by atoms with van der Waals surface area (Å²) >= 11 is 1.18. The summed E-state index contributed by atoms with van der Waals surface area (Å²) in [5.74, 6) is -2.01.